The van der Waals surface area contributed by atoms with E-state index in [0.717, 1.165) is 22.3 Å². The van der Waals surface area contributed by atoms with Crippen LogP contribution in [-0.4, -0.2) is 49.1 Å². The minimum atomic E-state index is -3.40. The molecule has 0 fully saturated rings. The zero-order valence-electron chi connectivity index (χ0n) is 16.4. The van der Waals surface area contributed by atoms with Gasteiger partial charge in [0, 0.05) is 11.9 Å². The summed E-state index contributed by atoms with van der Waals surface area (Å²) in [6.07, 6.45) is 0.871. The highest BCUT2D eigenvalue weighted by atomic mass is 32.2. The van der Waals surface area contributed by atoms with Crippen LogP contribution in [0.2, 0.25) is 0 Å². The van der Waals surface area contributed by atoms with E-state index in [9.17, 15) is 22.8 Å². The zero-order chi connectivity index (χ0) is 21.3. The van der Waals surface area contributed by atoms with Gasteiger partial charge in [0.15, 0.2) is 0 Å². The fourth-order valence-electron chi connectivity index (χ4n) is 3.36. The molecule has 0 bridgehead atoms. The highest BCUT2D eigenvalue weighted by molar-refractivity contribution is 7.90. The number of nitrogens with one attached hydrogen (secondary N) is 1. The number of benzene rings is 2. The summed E-state index contributed by atoms with van der Waals surface area (Å²) in [7, 11) is -3.40. The van der Waals surface area contributed by atoms with Gasteiger partial charge in [-0.05, 0) is 44.0 Å². The first-order valence-electron chi connectivity index (χ1n) is 9.11. The first-order valence-corrected chi connectivity index (χ1v) is 11.2. The largest absolute Gasteiger partial charge is 0.324 e. The van der Waals surface area contributed by atoms with Gasteiger partial charge in [0.2, 0.25) is 5.91 Å². The number of carbonyl (C=O) groups is 3. The third kappa shape index (κ3) is 4.37. The fraction of sp³-hybridized carbons (Fsp3) is 0.286. The van der Waals surface area contributed by atoms with Crippen molar-refractivity contribution in [2.75, 3.05) is 17.3 Å². The molecule has 0 spiro atoms. The van der Waals surface area contributed by atoms with Gasteiger partial charge >= 0.3 is 0 Å². The molecule has 8 heteroatoms. The number of aryl methyl sites for hydroxylation is 2. The Morgan fingerprint density at radius 3 is 2.14 bits per heavy atom. The Balaban J connectivity index is 1.93. The smallest absolute Gasteiger partial charge is 0.262 e. The van der Waals surface area contributed by atoms with Gasteiger partial charge in [-0.3, -0.25) is 19.3 Å². The third-order valence-corrected chi connectivity index (χ3v) is 5.82. The third-order valence-electron chi connectivity index (χ3n) is 4.84. The summed E-state index contributed by atoms with van der Waals surface area (Å²) < 4.78 is 23.4. The lowest BCUT2D eigenvalue weighted by atomic mass is 10.1. The van der Waals surface area contributed by atoms with E-state index >= 15 is 0 Å². The maximum atomic E-state index is 13.0. The zero-order valence-corrected chi connectivity index (χ0v) is 17.2. The number of imide groups is 1. The van der Waals surface area contributed by atoms with E-state index < -0.39 is 33.6 Å². The Hall–Kier alpha value is -3.00. The number of fused-ring (bicyclic) bond motifs is 1. The van der Waals surface area contributed by atoms with Gasteiger partial charge in [-0.25, -0.2) is 8.42 Å². The number of hydrogen-bond acceptors (Lipinski definition) is 5. The molecule has 3 rings (SSSR count). The quantitative estimate of drug-likeness (QED) is 0.731. The minimum absolute atomic E-state index is 0.180. The van der Waals surface area contributed by atoms with E-state index in [0.29, 0.717) is 5.69 Å². The van der Waals surface area contributed by atoms with E-state index in [4.69, 9.17) is 0 Å². The Morgan fingerprint density at radius 2 is 1.62 bits per heavy atom. The van der Waals surface area contributed by atoms with Crippen LogP contribution in [0.3, 0.4) is 0 Å². The Kier molecular flexibility index (Phi) is 5.57. The van der Waals surface area contributed by atoms with E-state index in [1.165, 1.54) is 12.1 Å². The SMILES string of the molecule is Cc1ccc(NC(=O)[C@H](CCS(C)(=O)=O)N2C(=O)c3ccccc3C2=O)c(C)c1. The standard InChI is InChI=1S/C21H22N2O5S/c1-13-8-9-17(14(2)12-13)22-19(24)18(10-11-29(3,27)28)23-20(25)15-6-4-5-7-16(15)21(23)26/h4-9,12,18H,10-11H2,1-3H3,(H,22,24)/t18-/m0/s1. The summed E-state index contributed by atoms with van der Waals surface area (Å²) in [6, 6.07) is 10.5. The molecule has 29 heavy (non-hydrogen) atoms. The molecule has 0 saturated heterocycles. The molecular formula is C21H22N2O5S. The lowest BCUT2D eigenvalue weighted by Gasteiger charge is -2.25. The Bertz CT molecular complexity index is 1070. The highest BCUT2D eigenvalue weighted by Gasteiger charge is 2.42. The van der Waals surface area contributed by atoms with Crippen LogP contribution in [0.25, 0.3) is 0 Å². The van der Waals surface area contributed by atoms with Gasteiger partial charge in [0.1, 0.15) is 15.9 Å². The van der Waals surface area contributed by atoms with Crippen LogP contribution in [0.5, 0.6) is 0 Å². The molecular weight excluding hydrogens is 392 g/mol. The van der Waals surface area contributed by atoms with Gasteiger partial charge in [-0.2, -0.15) is 0 Å². The average molecular weight is 414 g/mol. The average Bonchev–Trinajstić information content (AvgIpc) is 2.89. The summed E-state index contributed by atoms with van der Waals surface area (Å²) >= 11 is 0. The number of sulfone groups is 1. The van der Waals surface area contributed by atoms with Gasteiger partial charge in [-0.15, -0.1) is 0 Å². The molecule has 1 N–H and O–H groups in total. The van der Waals surface area contributed by atoms with E-state index in [-0.39, 0.29) is 23.3 Å². The molecule has 1 aliphatic heterocycles. The predicted octanol–water partition coefficient (Wildman–Crippen LogP) is 2.34. The molecule has 7 nitrogen and oxygen atoms in total. The van der Waals surface area contributed by atoms with Crippen LogP contribution in [0.1, 0.15) is 38.3 Å². The van der Waals surface area contributed by atoms with E-state index in [2.05, 4.69) is 5.32 Å². The van der Waals surface area contributed by atoms with E-state index in [1.54, 1.807) is 18.2 Å². The van der Waals surface area contributed by atoms with Crippen molar-refractivity contribution in [1.82, 2.24) is 4.90 Å². The molecule has 0 aromatic heterocycles. The molecule has 1 atom stereocenters. The number of hydrogen-bond donors (Lipinski definition) is 1. The summed E-state index contributed by atoms with van der Waals surface area (Å²) in [5.41, 5.74) is 2.81. The summed E-state index contributed by atoms with van der Waals surface area (Å²) in [5.74, 6) is -2.12. The first-order chi connectivity index (χ1) is 13.6. The predicted molar refractivity (Wildman–Crippen MR) is 110 cm³/mol. The van der Waals surface area contributed by atoms with Crippen molar-refractivity contribution in [1.29, 1.82) is 0 Å². The number of rotatable bonds is 6. The maximum absolute atomic E-state index is 13.0. The van der Waals surface area contributed by atoms with Crippen LogP contribution in [-0.2, 0) is 14.6 Å². The Morgan fingerprint density at radius 1 is 1.03 bits per heavy atom. The van der Waals surface area contributed by atoms with Crippen molar-refractivity contribution in [3.8, 4) is 0 Å². The van der Waals surface area contributed by atoms with Gasteiger partial charge < -0.3 is 5.32 Å². The van der Waals surface area contributed by atoms with Gasteiger partial charge in [0.05, 0.1) is 16.9 Å². The summed E-state index contributed by atoms with van der Waals surface area (Å²) in [5, 5.41) is 2.74. The molecule has 1 heterocycles. The second-order valence-electron chi connectivity index (χ2n) is 7.27. The molecule has 0 radical (unpaired) electrons. The van der Waals surface area contributed by atoms with Crippen molar-refractivity contribution in [3.05, 3.63) is 64.7 Å². The van der Waals surface area contributed by atoms with Gasteiger partial charge in [0.25, 0.3) is 11.8 Å². The van der Waals surface area contributed by atoms with Crippen LogP contribution in [0.15, 0.2) is 42.5 Å². The first kappa shape index (κ1) is 20.7. The topological polar surface area (TPSA) is 101 Å². The number of carbonyl (C=O) groups excluding carboxylic acids is 3. The van der Waals surface area contributed by atoms with Crippen molar-refractivity contribution in [3.63, 3.8) is 0 Å². The van der Waals surface area contributed by atoms with Crippen molar-refractivity contribution < 1.29 is 22.8 Å². The molecule has 1 aliphatic rings. The second kappa shape index (κ2) is 7.79. The molecule has 0 unspecified atom stereocenters. The molecule has 2 aromatic rings. The molecule has 3 amide bonds. The number of anilines is 1. The highest BCUT2D eigenvalue weighted by Crippen LogP contribution is 2.27. The van der Waals surface area contributed by atoms with Gasteiger partial charge in [-0.1, -0.05) is 29.8 Å². The lowest BCUT2D eigenvalue weighted by molar-refractivity contribution is -0.120. The Labute approximate surface area is 169 Å². The maximum Gasteiger partial charge on any atom is 0.262 e. The van der Waals surface area contributed by atoms with Crippen LogP contribution < -0.4 is 5.32 Å². The van der Waals surface area contributed by atoms with Crippen molar-refractivity contribution in [2.45, 2.75) is 26.3 Å². The molecule has 2 aromatic carbocycles. The second-order valence-corrected chi connectivity index (χ2v) is 9.53. The monoisotopic (exact) mass is 414 g/mol. The van der Waals surface area contributed by atoms with Crippen molar-refractivity contribution >= 4 is 33.2 Å². The van der Waals surface area contributed by atoms with Crippen LogP contribution >= 0.6 is 0 Å². The summed E-state index contributed by atoms with van der Waals surface area (Å²) in [4.78, 5) is 39.5. The summed E-state index contributed by atoms with van der Waals surface area (Å²) in [6.45, 7) is 3.75. The number of nitrogens with zero attached hydrogens (tertiary/aromatic N) is 1. The number of amides is 3. The van der Waals surface area contributed by atoms with Crippen molar-refractivity contribution in [2.24, 2.45) is 0 Å². The fourth-order valence-corrected chi connectivity index (χ4v) is 4.02. The normalized spacial score (nSPS) is 14.7. The molecule has 0 saturated carbocycles. The molecule has 0 aliphatic carbocycles. The van der Waals surface area contributed by atoms with E-state index in [1.807, 2.05) is 26.0 Å². The lowest BCUT2D eigenvalue weighted by Crippen LogP contribution is -2.48. The van der Waals surface area contributed by atoms with Crippen LogP contribution in [0, 0.1) is 13.8 Å². The minimum Gasteiger partial charge on any atom is -0.324 e. The molecule has 152 valence electrons. The van der Waals surface area contributed by atoms with Crippen LogP contribution in [0.4, 0.5) is 5.69 Å².